The molecule has 9 nitrogen and oxygen atoms in total. The van der Waals surface area contributed by atoms with E-state index in [4.69, 9.17) is 4.99 Å². The van der Waals surface area contributed by atoms with Gasteiger partial charge in [0.2, 0.25) is 5.96 Å². The first-order chi connectivity index (χ1) is 13.4. The summed E-state index contributed by atoms with van der Waals surface area (Å²) in [7, 11) is 2.89. The zero-order valence-electron chi connectivity index (χ0n) is 15.9. The summed E-state index contributed by atoms with van der Waals surface area (Å²) in [5, 5.41) is 0. The van der Waals surface area contributed by atoms with Gasteiger partial charge in [-0.2, -0.15) is 0 Å². The third-order valence-electron chi connectivity index (χ3n) is 5.17. The Morgan fingerprint density at radius 1 is 1.21 bits per heavy atom. The lowest BCUT2D eigenvalue weighted by Crippen LogP contribution is -2.64. The van der Waals surface area contributed by atoms with E-state index in [-0.39, 0.29) is 18.9 Å². The van der Waals surface area contributed by atoms with Gasteiger partial charge in [0.1, 0.15) is 0 Å². The molecule has 9 heteroatoms. The van der Waals surface area contributed by atoms with Crippen LogP contribution in [0.25, 0.3) is 0 Å². The number of imide groups is 1. The number of fused-ring (bicyclic) bond motifs is 3. The van der Waals surface area contributed by atoms with Crippen molar-refractivity contribution in [1.82, 2.24) is 14.7 Å². The summed E-state index contributed by atoms with van der Waals surface area (Å²) in [6.07, 6.45) is 1.22. The molecule has 0 spiro atoms. The van der Waals surface area contributed by atoms with Crippen LogP contribution >= 0.6 is 0 Å². The molecule has 3 aliphatic heterocycles. The van der Waals surface area contributed by atoms with Gasteiger partial charge in [-0.15, -0.1) is 0 Å². The zero-order chi connectivity index (χ0) is 20.0. The maximum absolute atomic E-state index is 13.1. The lowest BCUT2D eigenvalue weighted by atomic mass is 10.1. The number of amides is 3. The molecule has 0 aromatic heterocycles. The summed E-state index contributed by atoms with van der Waals surface area (Å²) in [6, 6.07) is 8.61. The van der Waals surface area contributed by atoms with Gasteiger partial charge >= 0.3 is 12.0 Å². The molecule has 28 heavy (non-hydrogen) atoms. The van der Waals surface area contributed by atoms with Crippen LogP contribution in [0.1, 0.15) is 13.3 Å². The fraction of sp³-hybridized carbons (Fsp3) is 0.368. The summed E-state index contributed by atoms with van der Waals surface area (Å²) in [5.74, 6) is -0.225. The maximum atomic E-state index is 13.1. The molecule has 1 fully saturated rings. The lowest BCUT2D eigenvalue weighted by Gasteiger charge is -2.40. The minimum Gasteiger partial charge on any atom is -0.469 e. The van der Waals surface area contributed by atoms with Crippen molar-refractivity contribution in [3.8, 4) is 0 Å². The first kappa shape index (κ1) is 18.0. The number of benzene rings is 1. The number of urea groups is 1. The van der Waals surface area contributed by atoms with Crippen LogP contribution in [-0.4, -0.2) is 71.5 Å². The summed E-state index contributed by atoms with van der Waals surface area (Å²) in [4.78, 5) is 48.3. The van der Waals surface area contributed by atoms with Crippen LogP contribution in [0.15, 0.2) is 47.2 Å². The summed E-state index contributed by atoms with van der Waals surface area (Å²) in [5.41, 5.74) is 1.86. The van der Waals surface area contributed by atoms with Gasteiger partial charge in [0.15, 0.2) is 12.2 Å². The fourth-order valence-corrected chi connectivity index (χ4v) is 3.76. The Morgan fingerprint density at radius 3 is 2.61 bits per heavy atom. The molecular formula is C19H21N5O4. The summed E-state index contributed by atoms with van der Waals surface area (Å²) < 4.78 is 4.62. The lowest BCUT2D eigenvalue weighted by molar-refractivity contribution is -0.142. The van der Waals surface area contributed by atoms with Crippen molar-refractivity contribution in [2.45, 2.75) is 25.6 Å². The molecule has 0 N–H and O–H groups in total. The Labute approximate surface area is 162 Å². The van der Waals surface area contributed by atoms with Crippen molar-refractivity contribution in [3.63, 3.8) is 0 Å². The van der Waals surface area contributed by atoms with Crippen LogP contribution in [0.5, 0.6) is 0 Å². The molecule has 3 heterocycles. The predicted molar refractivity (Wildman–Crippen MR) is 101 cm³/mol. The van der Waals surface area contributed by atoms with Crippen LogP contribution in [-0.2, 0) is 14.3 Å². The Bertz CT molecular complexity index is 897. The Balaban J connectivity index is 1.64. The number of hydrogen-bond acceptors (Lipinski definition) is 7. The van der Waals surface area contributed by atoms with Crippen molar-refractivity contribution in [2.75, 3.05) is 25.6 Å². The van der Waals surface area contributed by atoms with E-state index in [1.54, 1.807) is 7.05 Å². The van der Waals surface area contributed by atoms with Gasteiger partial charge in [0.05, 0.1) is 13.5 Å². The molecule has 0 bridgehead atoms. The number of methoxy groups -OCH3 is 1. The van der Waals surface area contributed by atoms with E-state index < -0.39 is 24.2 Å². The number of para-hydroxylation sites is 1. The number of hydrogen-bond donors (Lipinski definition) is 0. The van der Waals surface area contributed by atoms with Crippen LogP contribution in [0.4, 0.5) is 10.5 Å². The van der Waals surface area contributed by atoms with Crippen molar-refractivity contribution >= 4 is 29.6 Å². The minimum absolute atomic E-state index is 0.0217. The Kier molecular flexibility index (Phi) is 4.29. The summed E-state index contributed by atoms with van der Waals surface area (Å²) >= 11 is 0. The number of likely N-dealkylation sites (N-methyl/N-ethyl adjacent to an activating group) is 1. The van der Waals surface area contributed by atoms with Gasteiger partial charge in [-0.05, 0) is 19.1 Å². The van der Waals surface area contributed by atoms with E-state index in [0.29, 0.717) is 5.96 Å². The molecule has 2 unspecified atom stereocenters. The quantitative estimate of drug-likeness (QED) is 0.726. The van der Waals surface area contributed by atoms with E-state index in [2.05, 4.69) is 4.74 Å². The van der Waals surface area contributed by atoms with Crippen LogP contribution in [0.2, 0.25) is 0 Å². The largest absolute Gasteiger partial charge is 0.469 e. The van der Waals surface area contributed by atoms with Gasteiger partial charge in [-0.25, -0.2) is 9.79 Å². The third-order valence-corrected chi connectivity index (χ3v) is 5.17. The second-order valence-electron chi connectivity index (χ2n) is 6.85. The molecule has 2 atom stereocenters. The van der Waals surface area contributed by atoms with Crippen LogP contribution < -0.4 is 4.90 Å². The van der Waals surface area contributed by atoms with Gasteiger partial charge in [-0.1, -0.05) is 18.2 Å². The Hall–Kier alpha value is -3.36. The molecule has 0 saturated carbocycles. The van der Waals surface area contributed by atoms with E-state index >= 15 is 0 Å². The van der Waals surface area contributed by atoms with Crippen molar-refractivity contribution in [1.29, 1.82) is 0 Å². The van der Waals surface area contributed by atoms with E-state index in [9.17, 15) is 14.4 Å². The van der Waals surface area contributed by atoms with Gasteiger partial charge in [0, 0.05) is 31.2 Å². The van der Waals surface area contributed by atoms with Crippen LogP contribution in [0, 0.1) is 0 Å². The molecule has 1 saturated heterocycles. The zero-order valence-corrected chi connectivity index (χ0v) is 15.9. The SMILES string of the molecule is COC(=O)CCN1C(=O)C2C(N=C3N(c4ccccc4)C(C)=CN32)N(C)C1=O. The number of allylic oxidation sites excluding steroid dienone is 1. The molecule has 1 aromatic rings. The number of rotatable bonds is 4. The number of esters is 1. The highest BCUT2D eigenvalue weighted by Crippen LogP contribution is 2.36. The highest BCUT2D eigenvalue weighted by Gasteiger charge is 2.54. The molecular weight excluding hydrogens is 362 g/mol. The van der Waals surface area contributed by atoms with Crippen molar-refractivity contribution in [2.24, 2.45) is 4.99 Å². The van der Waals surface area contributed by atoms with Gasteiger partial charge in [-0.3, -0.25) is 19.4 Å². The van der Waals surface area contributed by atoms with Gasteiger partial charge in [0.25, 0.3) is 5.91 Å². The smallest absolute Gasteiger partial charge is 0.328 e. The first-order valence-corrected chi connectivity index (χ1v) is 8.98. The minimum atomic E-state index is -0.654. The number of aliphatic imine (C=N–C) groups is 1. The monoisotopic (exact) mass is 383 g/mol. The molecule has 3 amide bonds. The molecule has 0 radical (unpaired) electrons. The average molecular weight is 383 g/mol. The standard InChI is InChI=1S/C19H21N5O4/c1-12-11-23-15-16(20-18(23)24(12)13-7-5-4-6-8-13)21(2)19(27)22(17(15)26)10-9-14(25)28-3/h4-8,11,15-16H,9-10H2,1-3H3. The maximum Gasteiger partial charge on any atom is 0.328 e. The highest BCUT2D eigenvalue weighted by molar-refractivity contribution is 6.09. The normalized spacial score (nSPS) is 23.5. The highest BCUT2D eigenvalue weighted by atomic mass is 16.5. The van der Waals surface area contributed by atoms with Gasteiger partial charge < -0.3 is 14.5 Å². The average Bonchev–Trinajstić information content (AvgIpc) is 3.21. The van der Waals surface area contributed by atoms with E-state index in [1.165, 1.54) is 12.0 Å². The van der Waals surface area contributed by atoms with E-state index in [0.717, 1.165) is 16.3 Å². The van der Waals surface area contributed by atoms with Crippen LogP contribution in [0.3, 0.4) is 0 Å². The fourth-order valence-electron chi connectivity index (χ4n) is 3.76. The molecule has 146 valence electrons. The third kappa shape index (κ3) is 2.62. The van der Waals surface area contributed by atoms with E-state index in [1.807, 2.05) is 53.3 Å². The number of ether oxygens (including phenoxy) is 1. The molecule has 1 aromatic carbocycles. The molecule has 0 aliphatic carbocycles. The van der Waals surface area contributed by atoms with Crippen molar-refractivity contribution < 1.29 is 19.1 Å². The second kappa shape index (κ2) is 6.66. The summed E-state index contributed by atoms with van der Waals surface area (Å²) in [6.45, 7) is 1.92. The number of guanidine groups is 1. The van der Waals surface area contributed by atoms with Crippen molar-refractivity contribution in [3.05, 3.63) is 42.2 Å². The molecule has 3 aliphatic rings. The number of carbonyl (C=O) groups excluding carboxylic acids is 3. The predicted octanol–water partition coefficient (Wildman–Crippen LogP) is 1.19. The number of anilines is 1. The topological polar surface area (TPSA) is 85.8 Å². The molecule has 4 rings (SSSR count). The Morgan fingerprint density at radius 2 is 1.93 bits per heavy atom. The number of nitrogens with zero attached hydrogens (tertiary/aromatic N) is 5. The first-order valence-electron chi connectivity index (χ1n) is 8.98. The number of carbonyl (C=O) groups is 3. The second-order valence-corrected chi connectivity index (χ2v) is 6.85.